The van der Waals surface area contributed by atoms with Gasteiger partial charge in [-0.1, -0.05) is 6.92 Å². The van der Waals surface area contributed by atoms with Crippen LogP contribution in [-0.2, 0) is 4.79 Å². The number of hydrogen-bond donors (Lipinski definition) is 2. The van der Waals surface area contributed by atoms with Crippen LogP contribution in [0.4, 0.5) is 0 Å². The molecule has 0 aliphatic heterocycles. The zero-order chi connectivity index (χ0) is 8.69. The minimum atomic E-state index is -0.760. The van der Waals surface area contributed by atoms with E-state index in [1.54, 1.807) is 18.8 Å². The van der Waals surface area contributed by atoms with Gasteiger partial charge in [-0.15, -0.1) is 12.4 Å². The van der Waals surface area contributed by atoms with Crippen molar-refractivity contribution >= 4 is 43.6 Å². The van der Waals surface area contributed by atoms with Gasteiger partial charge in [0.1, 0.15) is 6.04 Å². The fourth-order valence-corrected chi connectivity index (χ4v) is 1.43. The van der Waals surface area contributed by atoms with Crippen LogP contribution in [0.2, 0.25) is 0 Å². The molecule has 3 nitrogen and oxygen atoms in total. The Morgan fingerprint density at radius 2 is 2.15 bits per heavy atom. The van der Waals surface area contributed by atoms with E-state index in [1.807, 2.05) is 0 Å². The highest BCUT2D eigenvalue weighted by molar-refractivity contribution is 7.99. The monoisotopic (exact) mass is 247 g/mol. The van der Waals surface area contributed by atoms with Crippen LogP contribution in [0.1, 0.15) is 13.3 Å². The van der Waals surface area contributed by atoms with Gasteiger partial charge in [-0.3, -0.25) is 4.79 Å². The van der Waals surface area contributed by atoms with Gasteiger partial charge in [0.05, 0.1) is 0 Å². The summed E-state index contributed by atoms with van der Waals surface area (Å²) in [5.74, 6) is 1.20. The van der Waals surface area contributed by atoms with E-state index >= 15 is 0 Å². The average molecular weight is 248 g/mol. The Bertz CT molecular complexity index is 127. The minimum Gasteiger partial charge on any atom is -0.480 e. The van der Waals surface area contributed by atoms with Crippen LogP contribution in [0.5, 0.6) is 0 Å². The Labute approximate surface area is 96.9 Å². The molecule has 82 valence electrons. The molecule has 0 bridgehead atoms. The molecule has 0 aromatic heterocycles. The second-order valence-electron chi connectivity index (χ2n) is 2.17. The summed E-state index contributed by atoms with van der Waals surface area (Å²) in [6, 6.07) is -0.381. The van der Waals surface area contributed by atoms with Crippen molar-refractivity contribution in [2.24, 2.45) is 0 Å². The predicted molar refractivity (Wildman–Crippen MR) is 65.7 cm³/mol. The molecule has 1 atom stereocenters. The van der Waals surface area contributed by atoms with E-state index in [-0.39, 0.29) is 31.9 Å². The van der Waals surface area contributed by atoms with Crippen LogP contribution >= 0.6 is 37.7 Å². The summed E-state index contributed by atoms with van der Waals surface area (Å²) >= 11 is 1.77. The molecule has 0 amide bonds. The Balaban J connectivity index is -0.000000500. The van der Waals surface area contributed by atoms with E-state index in [1.165, 1.54) is 0 Å². The standard InChI is InChI=1S/C7H15NO2S.ClH.H2S/c1-3-11-5-4-6(8-2)7(9)10;;/h6,8H,3-5H2,1-2H3,(H,9,10);1H;1H2/t6-;;/m0../s1. The zero-order valence-electron chi connectivity index (χ0n) is 7.87. The maximum atomic E-state index is 10.5. The Morgan fingerprint density at radius 3 is 2.46 bits per heavy atom. The fraction of sp³-hybridized carbons (Fsp3) is 0.857. The third-order valence-electron chi connectivity index (χ3n) is 1.40. The molecule has 0 aromatic rings. The van der Waals surface area contributed by atoms with Gasteiger partial charge >= 0.3 is 5.97 Å². The molecule has 0 saturated carbocycles. The average Bonchev–Trinajstić information content (AvgIpc) is 1.97. The number of carboxylic acid groups (broad SMARTS) is 1. The van der Waals surface area contributed by atoms with E-state index in [9.17, 15) is 4.79 Å². The molecule has 6 heteroatoms. The number of rotatable bonds is 6. The second kappa shape index (κ2) is 12.4. The Kier molecular flexibility index (Phi) is 18.2. The SMILES string of the molecule is CCSCC[C@H](NC)C(=O)O.Cl.S. The highest BCUT2D eigenvalue weighted by Crippen LogP contribution is 2.03. The fourth-order valence-electron chi connectivity index (χ4n) is 0.737. The number of halogens is 1. The number of nitrogens with one attached hydrogen (secondary N) is 1. The third-order valence-corrected chi connectivity index (χ3v) is 2.33. The molecule has 0 aromatic carbocycles. The molecule has 0 aliphatic carbocycles. The van der Waals surface area contributed by atoms with Crippen LogP contribution < -0.4 is 5.32 Å². The highest BCUT2D eigenvalue weighted by atomic mass is 35.5. The minimum absolute atomic E-state index is 0. The Hall–Kier alpha value is 0.420. The molecular formula is C7H18ClNO2S2. The smallest absolute Gasteiger partial charge is 0.320 e. The van der Waals surface area contributed by atoms with Gasteiger partial charge in [-0.05, 0) is 25.0 Å². The maximum absolute atomic E-state index is 10.5. The third kappa shape index (κ3) is 10.3. The van der Waals surface area contributed by atoms with Gasteiger partial charge < -0.3 is 10.4 Å². The van der Waals surface area contributed by atoms with Crippen molar-refractivity contribution in [2.45, 2.75) is 19.4 Å². The first kappa shape index (κ1) is 19.1. The summed E-state index contributed by atoms with van der Waals surface area (Å²) < 4.78 is 0. The maximum Gasteiger partial charge on any atom is 0.320 e. The number of aliphatic carboxylic acids is 1. The van der Waals surface area contributed by atoms with Crippen molar-refractivity contribution in [3.8, 4) is 0 Å². The quantitative estimate of drug-likeness (QED) is 0.696. The predicted octanol–water partition coefficient (Wildman–Crippen LogP) is 1.34. The molecule has 2 N–H and O–H groups in total. The second-order valence-corrected chi connectivity index (χ2v) is 3.56. The van der Waals surface area contributed by atoms with Crippen molar-refractivity contribution in [3.05, 3.63) is 0 Å². The topological polar surface area (TPSA) is 49.3 Å². The van der Waals surface area contributed by atoms with Crippen LogP contribution in [0, 0.1) is 0 Å². The van der Waals surface area contributed by atoms with Crippen molar-refractivity contribution < 1.29 is 9.90 Å². The van der Waals surface area contributed by atoms with Crippen molar-refractivity contribution in [1.82, 2.24) is 5.32 Å². The summed E-state index contributed by atoms with van der Waals surface area (Å²) in [5, 5.41) is 11.3. The van der Waals surface area contributed by atoms with Crippen molar-refractivity contribution in [1.29, 1.82) is 0 Å². The zero-order valence-corrected chi connectivity index (χ0v) is 10.5. The molecule has 0 rings (SSSR count). The van der Waals surface area contributed by atoms with Crippen molar-refractivity contribution in [2.75, 3.05) is 18.6 Å². The van der Waals surface area contributed by atoms with E-state index < -0.39 is 5.97 Å². The largest absolute Gasteiger partial charge is 0.480 e. The molecule has 0 saturated heterocycles. The summed E-state index contributed by atoms with van der Waals surface area (Å²) in [6.45, 7) is 2.07. The summed E-state index contributed by atoms with van der Waals surface area (Å²) in [4.78, 5) is 10.5. The van der Waals surface area contributed by atoms with E-state index in [0.717, 1.165) is 11.5 Å². The van der Waals surface area contributed by atoms with E-state index in [2.05, 4.69) is 12.2 Å². The lowest BCUT2D eigenvalue weighted by Crippen LogP contribution is -2.34. The van der Waals surface area contributed by atoms with Crippen molar-refractivity contribution in [3.63, 3.8) is 0 Å². The molecule has 0 fully saturated rings. The number of thioether (sulfide) groups is 1. The first-order chi connectivity index (χ1) is 5.22. The van der Waals surface area contributed by atoms with E-state index in [0.29, 0.717) is 6.42 Å². The molecule has 13 heavy (non-hydrogen) atoms. The number of carboxylic acids is 1. The van der Waals surface area contributed by atoms with Gasteiger partial charge in [0.25, 0.3) is 0 Å². The van der Waals surface area contributed by atoms with Crippen LogP contribution in [0.3, 0.4) is 0 Å². The molecule has 0 radical (unpaired) electrons. The summed E-state index contributed by atoms with van der Waals surface area (Å²) in [6.07, 6.45) is 0.699. The Morgan fingerprint density at radius 1 is 1.62 bits per heavy atom. The van der Waals surface area contributed by atoms with Crippen LogP contribution in [0.15, 0.2) is 0 Å². The van der Waals surface area contributed by atoms with E-state index in [4.69, 9.17) is 5.11 Å². The molecule has 0 spiro atoms. The molecular weight excluding hydrogens is 230 g/mol. The number of likely N-dealkylation sites (N-methyl/N-ethyl adjacent to an activating group) is 1. The van der Waals surface area contributed by atoms with Crippen LogP contribution in [0.25, 0.3) is 0 Å². The lowest BCUT2D eigenvalue weighted by atomic mass is 10.2. The van der Waals surface area contributed by atoms with Gasteiger partial charge in [0.15, 0.2) is 0 Å². The lowest BCUT2D eigenvalue weighted by molar-refractivity contribution is -0.139. The molecule has 0 aliphatic rings. The molecule has 0 heterocycles. The lowest BCUT2D eigenvalue weighted by Gasteiger charge is -2.09. The van der Waals surface area contributed by atoms with Gasteiger partial charge in [0, 0.05) is 0 Å². The first-order valence-corrected chi connectivity index (χ1v) is 4.85. The highest BCUT2D eigenvalue weighted by Gasteiger charge is 2.12. The normalized spacial score (nSPS) is 10.9. The van der Waals surface area contributed by atoms with Gasteiger partial charge in [-0.2, -0.15) is 25.3 Å². The van der Waals surface area contributed by atoms with Gasteiger partial charge in [0.2, 0.25) is 0 Å². The number of carbonyl (C=O) groups is 1. The first-order valence-electron chi connectivity index (χ1n) is 3.70. The summed E-state index contributed by atoms with van der Waals surface area (Å²) in [5.41, 5.74) is 0. The number of hydrogen-bond acceptors (Lipinski definition) is 3. The summed E-state index contributed by atoms with van der Waals surface area (Å²) in [7, 11) is 1.68. The van der Waals surface area contributed by atoms with Gasteiger partial charge in [-0.25, -0.2) is 0 Å². The van der Waals surface area contributed by atoms with Crippen LogP contribution in [-0.4, -0.2) is 35.7 Å². The molecule has 0 unspecified atom stereocenters.